The Morgan fingerprint density at radius 2 is 1.67 bits per heavy atom. The number of nitrogens with one attached hydrogen (secondary N) is 2. The number of hydrogen-bond donors (Lipinski definition) is 2. The highest BCUT2D eigenvalue weighted by Gasteiger charge is 2.37. The fourth-order valence-electron chi connectivity index (χ4n) is 2.26. The Labute approximate surface area is 173 Å². The largest absolute Gasteiger partial charge is 0.455 e. The van der Waals surface area contributed by atoms with Crippen molar-refractivity contribution in [1.29, 1.82) is 0 Å². The monoisotopic (exact) mass is 452 g/mol. The van der Waals surface area contributed by atoms with Crippen LogP contribution < -0.4 is 10.7 Å². The fraction of sp³-hybridized carbons (Fsp3) is 0.333. The van der Waals surface area contributed by atoms with Gasteiger partial charge in [-0.05, 0) is 56.6 Å². The molecule has 5 nitrogen and oxygen atoms in total. The number of thiocarbonyl (C=S) groups is 1. The van der Waals surface area contributed by atoms with E-state index in [0.29, 0.717) is 18.7 Å². The second kappa shape index (κ2) is 9.47. The first-order chi connectivity index (χ1) is 13.9. The van der Waals surface area contributed by atoms with Crippen molar-refractivity contribution < 1.29 is 30.8 Å². The average Bonchev–Trinajstić information content (AvgIpc) is 3.08. The molecule has 0 aliphatic carbocycles. The second-order valence-corrected chi connectivity index (χ2v) is 6.83. The number of hydrogen-bond acceptors (Lipinski definition) is 4. The third-order valence-corrected chi connectivity index (χ3v) is 3.94. The van der Waals surface area contributed by atoms with Crippen LogP contribution >= 0.6 is 12.2 Å². The van der Waals surface area contributed by atoms with E-state index < -0.39 is 23.5 Å². The summed E-state index contributed by atoms with van der Waals surface area (Å²) in [7, 11) is 3.79. The molecule has 30 heavy (non-hydrogen) atoms. The standard InChI is InChI=1S/C18H18F6N4OS/c1-28(2)6-5-25-16(30)27-26-10-14-3-4-15(29-14)11-7-12(17(19,20)21)9-13(8-11)18(22,23)24/h3-4,7-10H,5-6H2,1-2H3,(H2,25,27,30)/b26-10+. The van der Waals surface area contributed by atoms with Gasteiger partial charge in [-0.2, -0.15) is 31.4 Å². The van der Waals surface area contributed by atoms with Crippen LogP contribution in [0.1, 0.15) is 16.9 Å². The van der Waals surface area contributed by atoms with E-state index in [1.165, 1.54) is 18.3 Å². The molecule has 1 heterocycles. The summed E-state index contributed by atoms with van der Waals surface area (Å²) < 4.78 is 83.2. The number of nitrogens with zero attached hydrogens (tertiary/aromatic N) is 2. The lowest BCUT2D eigenvalue weighted by atomic mass is 10.0. The predicted octanol–water partition coefficient (Wildman–Crippen LogP) is 4.34. The lowest BCUT2D eigenvalue weighted by Crippen LogP contribution is -2.36. The molecule has 164 valence electrons. The van der Waals surface area contributed by atoms with E-state index in [0.717, 1.165) is 6.54 Å². The number of rotatable bonds is 6. The predicted molar refractivity (Wildman–Crippen MR) is 104 cm³/mol. The first-order valence-electron chi connectivity index (χ1n) is 8.47. The summed E-state index contributed by atoms with van der Waals surface area (Å²) in [6.07, 6.45) is -8.68. The van der Waals surface area contributed by atoms with Crippen molar-refractivity contribution in [3.05, 3.63) is 47.2 Å². The van der Waals surface area contributed by atoms with Gasteiger partial charge in [0.2, 0.25) is 0 Å². The van der Waals surface area contributed by atoms with Crippen molar-refractivity contribution in [2.45, 2.75) is 12.4 Å². The molecule has 0 amide bonds. The van der Waals surface area contributed by atoms with Crippen LogP contribution in [0.3, 0.4) is 0 Å². The van der Waals surface area contributed by atoms with Crippen LogP contribution in [0.25, 0.3) is 11.3 Å². The van der Waals surface area contributed by atoms with Gasteiger partial charge in [-0.1, -0.05) is 0 Å². The number of likely N-dealkylation sites (N-methyl/N-ethyl adjacent to an activating group) is 1. The van der Waals surface area contributed by atoms with Crippen molar-refractivity contribution in [3.8, 4) is 11.3 Å². The van der Waals surface area contributed by atoms with E-state index in [1.807, 2.05) is 19.0 Å². The van der Waals surface area contributed by atoms with Crippen LogP contribution in [-0.4, -0.2) is 43.4 Å². The van der Waals surface area contributed by atoms with Crippen LogP contribution in [0.4, 0.5) is 26.3 Å². The minimum Gasteiger partial charge on any atom is -0.455 e. The molecule has 2 rings (SSSR count). The summed E-state index contributed by atoms with van der Waals surface area (Å²) in [4.78, 5) is 1.95. The van der Waals surface area contributed by atoms with Gasteiger partial charge < -0.3 is 14.6 Å². The van der Waals surface area contributed by atoms with Crippen molar-refractivity contribution in [3.63, 3.8) is 0 Å². The lowest BCUT2D eigenvalue weighted by molar-refractivity contribution is -0.143. The summed E-state index contributed by atoms with van der Waals surface area (Å²) in [5.41, 5.74) is -0.673. The summed E-state index contributed by atoms with van der Waals surface area (Å²) in [5.74, 6) is -0.0562. The highest BCUT2D eigenvalue weighted by atomic mass is 32.1. The molecule has 0 saturated heterocycles. The molecule has 0 unspecified atom stereocenters. The van der Waals surface area contributed by atoms with Crippen molar-refractivity contribution in [2.75, 3.05) is 27.2 Å². The van der Waals surface area contributed by atoms with E-state index >= 15 is 0 Å². The van der Waals surface area contributed by atoms with Gasteiger partial charge in [0.25, 0.3) is 0 Å². The van der Waals surface area contributed by atoms with Gasteiger partial charge in [-0.15, -0.1) is 0 Å². The molecule has 0 fully saturated rings. The van der Waals surface area contributed by atoms with Crippen LogP contribution in [0.15, 0.2) is 39.9 Å². The van der Waals surface area contributed by atoms with Crippen molar-refractivity contribution in [1.82, 2.24) is 15.6 Å². The van der Waals surface area contributed by atoms with E-state index in [4.69, 9.17) is 16.6 Å². The average molecular weight is 452 g/mol. The molecule has 1 aromatic carbocycles. The minimum atomic E-state index is -4.94. The quantitative estimate of drug-likeness (QED) is 0.296. The summed E-state index contributed by atoms with van der Waals surface area (Å²) in [6.45, 7) is 1.32. The van der Waals surface area contributed by atoms with Gasteiger partial charge >= 0.3 is 12.4 Å². The number of benzene rings is 1. The smallest absolute Gasteiger partial charge is 0.416 e. The minimum absolute atomic E-state index is 0.0585. The van der Waals surface area contributed by atoms with Gasteiger partial charge in [0.15, 0.2) is 5.11 Å². The van der Waals surface area contributed by atoms with Gasteiger partial charge in [0.1, 0.15) is 11.5 Å². The maximum atomic E-state index is 13.0. The molecule has 0 atom stereocenters. The third-order valence-electron chi connectivity index (χ3n) is 3.70. The van der Waals surface area contributed by atoms with Crippen molar-refractivity contribution >= 4 is 23.5 Å². The normalized spacial score (nSPS) is 12.6. The first kappa shape index (κ1) is 23.7. The Morgan fingerprint density at radius 1 is 1.07 bits per heavy atom. The van der Waals surface area contributed by atoms with Gasteiger partial charge in [0, 0.05) is 18.7 Å². The maximum absolute atomic E-state index is 13.0. The zero-order valence-corrected chi connectivity index (χ0v) is 16.7. The molecular weight excluding hydrogens is 434 g/mol. The van der Waals surface area contributed by atoms with Crippen LogP contribution in [0, 0.1) is 0 Å². The molecule has 0 radical (unpaired) electrons. The number of hydrazone groups is 1. The van der Waals surface area contributed by atoms with Crippen LogP contribution in [0.5, 0.6) is 0 Å². The number of furan rings is 1. The Bertz CT molecular complexity index is 873. The van der Waals surface area contributed by atoms with Gasteiger partial charge in [-0.3, -0.25) is 5.43 Å². The van der Waals surface area contributed by atoms with Crippen molar-refractivity contribution in [2.24, 2.45) is 5.10 Å². The van der Waals surface area contributed by atoms with Gasteiger partial charge in [-0.25, -0.2) is 0 Å². The van der Waals surface area contributed by atoms with Crippen LogP contribution in [0.2, 0.25) is 0 Å². The summed E-state index contributed by atoms with van der Waals surface area (Å²) in [5, 5.41) is 6.95. The molecular formula is C18H18F6N4OS. The molecule has 2 N–H and O–H groups in total. The molecule has 0 aliphatic heterocycles. The molecule has 0 spiro atoms. The zero-order chi connectivity index (χ0) is 22.5. The lowest BCUT2D eigenvalue weighted by Gasteiger charge is -2.13. The Kier molecular flexibility index (Phi) is 7.48. The number of alkyl halides is 6. The molecule has 1 aromatic heterocycles. The van der Waals surface area contributed by atoms with E-state index in [-0.39, 0.29) is 28.3 Å². The molecule has 12 heteroatoms. The molecule has 0 saturated carbocycles. The molecule has 2 aromatic rings. The fourth-order valence-corrected chi connectivity index (χ4v) is 2.42. The number of halogens is 6. The molecule has 0 bridgehead atoms. The summed E-state index contributed by atoms with van der Waals surface area (Å²) in [6, 6.07) is 3.86. The first-order valence-corrected chi connectivity index (χ1v) is 8.88. The zero-order valence-electron chi connectivity index (χ0n) is 15.9. The van der Waals surface area contributed by atoms with E-state index in [9.17, 15) is 26.3 Å². The summed E-state index contributed by atoms with van der Waals surface area (Å²) >= 11 is 5.00. The maximum Gasteiger partial charge on any atom is 0.416 e. The van der Waals surface area contributed by atoms with E-state index in [2.05, 4.69) is 15.8 Å². The second-order valence-electron chi connectivity index (χ2n) is 6.43. The van der Waals surface area contributed by atoms with Gasteiger partial charge in [0.05, 0.1) is 17.3 Å². The Balaban J connectivity index is 2.14. The Morgan fingerprint density at radius 3 is 2.20 bits per heavy atom. The Hall–Kier alpha value is -2.60. The highest BCUT2D eigenvalue weighted by Crippen LogP contribution is 2.38. The van der Waals surface area contributed by atoms with E-state index in [1.54, 1.807) is 0 Å². The molecule has 0 aliphatic rings. The SMILES string of the molecule is CN(C)CCNC(=S)N/N=C/c1ccc(-c2cc(C(F)(F)F)cc(C(F)(F)F)c2)o1. The van der Waals surface area contributed by atoms with Crippen LogP contribution in [-0.2, 0) is 12.4 Å². The third kappa shape index (κ3) is 7.02. The topological polar surface area (TPSA) is 52.8 Å². The highest BCUT2D eigenvalue weighted by molar-refractivity contribution is 7.80.